The molecule has 1 rings (SSSR count). The third kappa shape index (κ3) is 4.56. The molecule has 17 heavy (non-hydrogen) atoms. The SMILES string of the molecule is CCCN(CC#N)C(=O)NCc1ccccc1. The molecule has 0 fully saturated rings. The quantitative estimate of drug-likeness (QED) is 0.789. The highest BCUT2D eigenvalue weighted by molar-refractivity contribution is 5.74. The first-order chi connectivity index (χ1) is 8.27. The topological polar surface area (TPSA) is 56.1 Å². The second kappa shape index (κ2) is 7.29. The molecule has 0 aliphatic heterocycles. The van der Waals surface area contributed by atoms with E-state index in [0.717, 1.165) is 12.0 Å². The maximum absolute atomic E-state index is 11.8. The summed E-state index contributed by atoms with van der Waals surface area (Å²) in [7, 11) is 0. The monoisotopic (exact) mass is 231 g/mol. The Bertz CT molecular complexity index is 383. The van der Waals surface area contributed by atoms with Gasteiger partial charge >= 0.3 is 6.03 Å². The number of rotatable bonds is 5. The fourth-order valence-corrected chi connectivity index (χ4v) is 1.49. The van der Waals surface area contributed by atoms with Crippen molar-refractivity contribution in [2.45, 2.75) is 19.9 Å². The number of hydrogen-bond donors (Lipinski definition) is 1. The first-order valence-electron chi connectivity index (χ1n) is 5.71. The van der Waals surface area contributed by atoms with Crippen LogP contribution in [-0.2, 0) is 6.54 Å². The van der Waals surface area contributed by atoms with Gasteiger partial charge in [0.15, 0.2) is 0 Å². The number of nitriles is 1. The molecule has 2 amide bonds. The van der Waals surface area contributed by atoms with E-state index >= 15 is 0 Å². The summed E-state index contributed by atoms with van der Waals surface area (Å²) in [6.07, 6.45) is 0.848. The van der Waals surface area contributed by atoms with Crippen LogP contribution in [0.3, 0.4) is 0 Å². The number of amides is 2. The van der Waals surface area contributed by atoms with Gasteiger partial charge in [0.2, 0.25) is 0 Å². The zero-order chi connectivity index (χ0) is 12.5. The summed E-state index contributed by atoms with van der Waals surface area (Å²) in [5, 5.41) is 11.4. The molecule has 1 N–H and O–H groups in total. The minimum Gasteiger partial charge on any atom is -0.334 e. The highest BCUT2D eigenvalue weighted by Crippen LogP contribution is 1.98. The molecule has 0 bridgehead atoms. The normalized spacial score (nSPS) is 9.41. The standard InChI is InChI=1S/C13H17N3O/c1-2-9-16(10-8-14)13(17)15-11-12-6-4-3-5-7-12/h3-7H,2,9-11H2,1H3,(H,15,17). The molecule has 1 aromatic carbocycles. The van der Waals surface area contributed by atoms with Crippen LogP contribution in [0.1, 0.15) is 18.9 Å². The average molecular weight is 231 g/mol. The largest absolute Gasteiger partial charge is 0.334 e. The molecule has 0 aromatic heterocycles. The number of nitrogens with one attached hydrogen (secondary N) is 1. The number of carbonyl (C=O) groups excluding carboxylic acids is 1. The molecule has 0 saturated carbocycles. The van der Waals surface area contributed by atoms with Gasteiger partial charge in [0.1, 0.15) is 6.54 Å². The Morgan fingerprint density at radius 1 is 1.41 bits per heavy atom. The zero-order valence-corrected chi connectivity index (χ0v) is 10.0. The van der Waals surface area contributed by atoms with Gasteiger partial charge in [0.25, 0.3) is 0 Å². The minimum atomic E-state index is -0.183. The van der Waals surface area contributed by atoms with Crippen LogP contribution in [0.5, 0.6) is 0 Å². The van der Waals surface area contributed by atoms with E-state index in [4.69, 9.17) is 5.26 Å². The van der Waals surface area contributed by atoms with Crippen LogP contribution in [0.4, 0.5) is 4.79 Å². The van der Waals surface area contributed by atoms with Crippen LogP contribution in [0.2, 0.25) is 0 Å². The third-order valence-electron chi connectivity index (χ3n) is 2.33. The lowest BCUT2D eigenvalue weighted by Gasteiger charge is -2.19. The number of nitrogens with zero attached hydrogens (tertiary/aromatic N) is 2. The molecule has 0 radical (unpaired) electrons. The van der Waals surface area contributed by atoms with E-state index in [2.05, 4.69) is 5.32 Å². The lowest BCUT2D eigenvalue weighted by atomic mass is 10.2. The fraction of sp³-hybridized carbons (Fsp3) is 0.385. The van der Waals surface area contributed by atoms with Crippen molar-refractivity contribution in [1.29, 1.82) is 5.26 Å². The van der Waals surface area contributed by atoms with Crippen LogP contribution in [0.15, 0.2) is 30.3 Å². The molecule has 0 heterocycles. The summed E-state index contributed by atoms with van der Waals surface area (Å²) in [5.74, 6) is 0. The molecule has 0 unspecified atom stereocenters. The van der Waals surface area contributed by atoms with Crippen molar-refractivity contribution in [3.63, 3.8) is 0 Å². The molecule has 0 saturated heterocycles. The Labute approximate surface area is 102 Å². The van der Waals surface area contributed by atoms with Crippen LogP contribution in [0.25, 0.3) is 0 Å². The highest BCUT2D eigenvalue weighted by Gasteiger charge is 2.10. The fourth-order valence-electron chi connectivity index (χ4n) is 1.49. The van der Waals surface area contributed by atoms with E-state index in [1.165, 1.54) is 4.90 Å². The number of carbonyl (C=O) groups is 1. The van der Waals surface area contributed by atoms with Gasteiger partial charge in [0, 0.05) is 13.1 Å². The summed E-state index contributed by atoms with van der Waals surface area (Å²) in [6, 6.07) is 11.5. The van der Waals surface area contributed by atoms with Crippen molar-refractivity contribution in [2.24, 2.45) is 0 Å². The second-order valence-electron chi connectivity index (χ2n) is 3.72. The number of benzene rings is 1. The van der Waals surface area contributed by atoms with E-state index in [0.29, 0.717) is 13.1 Å². The van der Waals surface area contributed by atoms with Gasteiger partial charge < -0.3 is 10.2 Å². The Hall–Kier alpha value is -2.02. The maximum Gasteiger partial charge on any atom is 0.318 e. The number of urea groups is 1. The van der Waals surface area contributed by atoms with E-state index in [1.807, 2.05) is 43.3 Å². The summed E-state index contributed by atoms with van der Waals surface area (Å²) >= 11 is 0. The first-order valence-corrected chi connectivity index (χ1v) is 5.71. The molecule has 0 atom stereocenters. The Kier molecular flexibility index (Phi) is 5.59. The molecule has 0 aliphatic rings. The smallest absolute Gasteiger partial charge is 0.318 e. The summed E-state index contributed by atoms with van der Waals surface area (Å²) in [6.45, 7) is 3.21. The van der Waals surface area contributed by atoms with E-state index in [-0.39, 0.29) is 12.6 Å². The summed E-state index contributed by atoms with van der Waals surface area (Å²) < 4.78 is 0. The molecule has 4 nitrogen and oxygen atoms in total. The average Bonchev–Trinajstić information content (AvgIpc) is 2.37. The lowest BCUT2D eigenvalue weighted by molar-refractivity contribution is 0.203. The molecule has 1 aromatic rings. The molecule has 90 valence electrons. The van der Waals surface area contributed by atoms with Crippen molar-refractivity contribution in [2.75, 3.05) is 13.1 Å². The van der Waals surface area contributed by atoms with Crippen molar-refractivity contribution in [3.05, 3.63) is 35.9 Å². The van der Waals surface area contributed by atoms with Crippen molar-refractivity contribution >= 4 is 6.03 Å². The van der Waals surface area contributed by atoms with Crippen LogP contribution >= 0.6 is 0 Å². The van der Waals surface area contributed by atoms with Gasteiger partial charge in [-0.25, -0.2) is 4.79 Å². The maximum atomic E-state index is 11.8. The van der Waals surface area contributed by atoms with E-state index < -0.39 is 0 Å². The third-order valence-corrected chi connectivity index (χ3v) is 2.33. The van der Waals surface area contributed by atoms with E-state index in [9.17, 15) is 4.79 Å². The molecule has 0 spiro atoms. The Morgan fingerprint density at radius 3 is 2.71 bits per heavy atom. The predicted octanol–water partition coefficient (Wildman–Crippen LogP) is 2.13. The summed E-state index contributed by atoms with van der Waals surface area (Å²) in [4.78, 5) is 13.3. The van der Waals surface area contributed by atoms with Gasteiger partial charge in [-0.1, -0.05) is 37.3 Å². The molecule has 4 heteroatoms. The van der Waals surface area contributed by atoms with Gasteiger partial charge in [-0.2, -0.15) is 5.26 Å². The van der Waals surface area contributed by atoms with E-state index in [1.54, 1.807) is 0 Å². The minimum absolute atomic E-state index is 0.133. The second-order valence-corrected chi connectivity index (χ2v) is 3.72. The van der Waals surface area contributed by atoms with Gasteiger partial charge in [-0.15, -0.1) is 0 Å². The zero-order valence-electron chi connectivity index (χ0n) is 10.0. The predicted molar refractivity (Wildman–Crippen MR) is 66.2 cm³/mol. The van der Waals surface area contributed by atoms with Gasteiger partial charge in [-0.3, -0.25) is 0 Å². The van der Waals surface area contributed by atoms with Crippen LogP contribution < -0.4 is 5.32 Å². The number of hydrogen-bond acceptors (Lipinski definition) is 2. The van der Waals surface area contributed by atoms with Crippen molar-refractivity contribution in [1.82, 2.24) is 10.2 Å². The molecular weight excluding hydrogens is 214 g/mol. The van der Waals surface area contributed by atoms with Crippen molar-refractivity contribution < 1.29 is 4.79 Å². The van der Waals surface area contributed by atoms with Gasteiger partial charge in [0.05, 0.1) is 6.07 Å². The lowest BCUT2D eigenvalue weighted by Crippen LogP contribution is -2.40. The van der Waals surface area contributed by atoms with Crippen LogP contribution in [-0.4, -0.2) is 24.0 Å². The molecule has 0 aliphatic carbocycles. The Balaban J connectivity index is 2.45. The van der Waals surface area contributed by atoms with Gasteiger partial charge in [-0.05, 0) is 12.0 Å². The summed E-state index contributed by atoms with van der Waals surface area (Å²) in [5.41, 5.74) is 1.05. The van der Waals surface area contributed by atoms with Crippen molar-refractivity contribution in [3.8, 4) is 6.07 Å². The highest BCUT2D eigenvalue weighted by atomic mass is 16.2. The Morgan fingerprint density at radius 2 is 2.12 bits per heavy atom. The van der Waals surface area contributed by atoms with Crippen LogP contribution in [0, 0.1) is 11.3 Å². The molecular formula is C13H17N3O. The first kappa shape index (κ1) is 13.0.